The van der Waals surface area contributed by atoms with Crippen LogP contribution < -0.4 is 15.2 Å². The molecule has 1 heterocycles. The molecule has 0 saturated carbocycles. The molecule has 206 valence electrons. The molecule has 1 saturated heterocycles. The topological polar surface area (TPSA) is 128 Å². The van der Waals surface area contributed by atoms with Gasteiger partial charge in [-0.2, -0.15) is 15.8 Å². The van der Waals surface area contributed by atoms with Gasteiger partial charge < -0.3 is 19.9 Å². The number of nitrogens with zero attached hydrogens (tertiary/aromatic N) is 4. The molecule has 1 aromatic rings. The Hall–Kier alpha value is -3.51. The van der Waals surface area contributed by atoms with Crippen molar-refractivity contribution in [2.45, 2.75) is 46.5 Å². The van der Waals surface area contributed by atoms with Gasteiger partial charge in [-0.25, -0.2) is 0 Å². The number of fused-ring (bicyclic) bond motifs is 1. The van der Waals surface area contributed by atoms with Gasteiger partial charge in [0.2, 0.25) is 0 Å². The van der Waals surface area contributed by atoms with Gasteiger partial charge in [-0.15, -0.1) is 0 Å². The lowest BCUT2D eigenvalue weighted by atomic mass is 9.54. The smallest absolute Gasteiger partial charge is 0.191 e. The molecule has 1 aromatic carbocycles. The number of allylic oxidation sites excluding steroid dienone is 4. The van der Waals surface area contributed by atoms with Crippen LogP contribution in [0.1, 0.15) is 52.0 Å². The number of hydrogen-bond acceptors (Lipinski definition) is 8. The first-order valence-electron chi connectivity index (χ1n) is 13.8. The second-order valence-electron chi connectivity index (χ2n) is 11.7. The van der Waals surface area contributed by atoms with Gasteiger partial charge in [0.25, 0.3) is 0 Å². The molecule has 0 spiro atoms. The van der Waals surface area contributed by atoms with E-state index in [1.165, 1.54) is 0 Å². The second kappa shape index (κ2) is 11.7. The third-order valence-corrected chi connectivity index (χ3v) is 8.50. The van der Waals surface area contributed by atoms with Crippen molar-refractivity contribution < 1.29 is 14.2 Å². The Kier molecular flexibility index (Phi) is 8.55. The quantitative estimate of drug-likeness (QED) is 0.540. The molecule has 3 aliphatic rings. The van der Waals surface area contributed by atoms with E-state index < -0.39 is 11.3 Å². The lowest BCUT2D eigenvalue weighted by Gasteiger charge is -2.47. The van der Waals surface area contributed by atoms with Crippen LogP contribution in [0.2, 0.25) is 0 Å². The van der Waals surface area contributed by atoms with E-state index in [1.54, 1.807) is 0 Å². The van der Waals surface area contributed by atoms with Crippen LogP contribution in [-0.4, -0.2) is 51.0 Å². The zero-order valence-corrected chi connectivity index (χ0v) is 23.5. The molecule has 0 amide bonds. The van der Waals surface area contributed by atoms with Crippen LogP contribution in [0.4, 0.5) is 0 Å². The minimum atomic E-state index is -1.67. The highest BCUT2D eigenvalue weighted by atomic mass is 16.5. The van der Waals surface area contributed by atoms with Crippen LogP contribution in [0.5, 0.6) is 11.5 Å². The van der Waals surface area contributed by atoms with Gasteiger partial charge in [0.05, 0.1) is 43.2 Å². The summed E-state index contributed by atoms with van der Waals surface area (Å²) < 4.78 is 17.6. The minimum Gasteiger partial charge on any atom is -0.490 e. The average Bonchev–Trinajstić information content (AvgIpc) is 2.93. The molecule has 0 aromatic heterocycles. The zero-order chi connectivity index (χ0) is 28.2. The number of rotatable bonds is 7. The van der Waals surface area contributed by atoms with E-state index in [-0.39, 0.29) is 22.6 Å². The molecule has 0 bridgehead atoms. The molecule has 1 aliphatic heterocycles. The highest BCUT2D eigenvalue weighted by Gasteiger charge is 2.55. The van der Waals surface area contributed by atoms with Gasteiger partial charge in [0.15, 0.2) is 16.9 Å². The molecular weight excluding hydrogens is 490 g/mol. The Balaban J connectivity index is 1.74. The van der Waals surface area contributed by atoms with Crippen molar-refractivity contribution in [3.05, 3.63) is 46.7 Å². The summed E-state index contributed by atoms with van der Waals surface area (Å²) in [5, 5.41) is 30.9. The normalized spacial score (nSPS) is 24.9. The fourth-order valence-corrected chi connectivity index (χ4v) is 6.19. The van der Waals surface area contributed by atoms with Crippen LogP contribution in [0.15, 0.2) is 41.1 Å². The van der Waals surface area contributed by atoms with Gasteiger partial charge in [0, 0.05) is 25.6 Å². The Labute approximate surface area is 232 Å². The standard InChI is InChI=1S/C31H39N5O3/c1-5-38-27-16-21(6-9-26(27)39-15-12-36-10-13-37-14-11-36)28-24-17-22(30(2,3)4)7-8-23(24)25(18-32)29(35)31(28,19-33)20-34/h6,8-9,16,22,24,28H,5,7,10-15,17,35H2,1-4H3. The number of hydrogen-bond donors (Lipinski definition) is 1. The van der Waals surface area contributed by atoms with Gasteiger partial charge in [0.1, 0.15) is 12.7 Å². The maximum absolute atomic E-state index is 10.5. The van der Waals surface area contributed by atoms with E-state index in [1.807, 2.05) is 25.1 Å². The summed E-state index contributed by atoms with van der Waals surface area (Å²) in [5.74, 6) is 0.771. The summed E-state index contributed by atoms with van der Waals surface area (Å²) in [5.41, 5.74) is 6.83. The highest BCUT2D eigenvalue weighted by molar-refractivity contribution is 5.60. The molecule has 39 heavy (non-hydrogen) atoms. The van der Waals surface area contributed by atoms with E-state index in [9.17, 15) is 15.8 Å². The van der Waals surface area contributed by atoms with Crippen LogP contribution in [0.25, 0.3) is 0 Å². The summed E-state index contributed by atoms with van der Waals surface area (Å²) in [4.78, 5) is 2.30. The van der Waals surface area contributed by atoms with E-state index in [0.29, 0.717) is 30.6 Å². The minimum absolute atomic E-state index is 0.0305. The van der Waals surface area contributed by atoms with Crippen molar-refractivity contribution in [1.29, 1.82) is 15.8 Å². The lowest BCUT2D eigenvalue weighted by molar-refractivity contribution is 0.0321. The third-order valence-electron chi connectivity index (χ3n) is 8.50. The van der Waals surface area contributed by atoms with E-state index in [0.717, 1.165) is 56.8 Å². The Bertz CT molecular complexity index is 1240. The first-order valence-corrected chi connectivity index (χ1v) is 13.8. The van der Waals surface area contributed by atoms with Crippen LogP contribution in [0, 0.1) is 56.7 Å². The van der Waals surface area contributed by atoms with Crippen LogP contribution in [-0.2, 0) is 4.74 Å². The number of morpholine rings is 1. The van der Waals surface area contributed by atoms with E-state index >= 15 is 0 Å². The predicted octanol–water partition coefficient (Wildman–Crippen LogP) is 4.66. The first-order chi connectivity index (χ1) is 18.7. The predicted molar refractivity (Wildman–Crippen MR) is 147 cm³/mol. The molecule has 0 radical (unpaired) electrons. The van der Waals surface area contributed by atoms with Crippen LogP contribution in [0.3, 0.4) is 0 Å². The molecule has 2 aliphatic carbocycles. The number of ether oxygens (including phenoxy) is 3. The number of benzene rings is 1. The average molecular weight is 530 g/mol. The van der Waals surface area contributed by atoms with Gasteiger partial charge in [-0.3, -0.25) is 4.90 Å². The molecule has 3 atom stereocenters. The van der Waals surface area contributed by atoms with Gasteiger partial charge in [-0.05, 0) is 60.3 Å². The summed E-state index contributed by atoms with van der Waals surface area (Å²) in [7, 11) is 0. The maximum atomic E-state index is 10.5. The molecule has 2 N–H and O–H groups in total. The number of nitriles is 3. The molecule has 3 unspecified atom stereocenters. The fraction of sp³-hybridized carbons (Fsp3) is 0.581. The van der Waals surface area contributed by atoms with Crippen LogP contribution >= 0.6 is 0 Å². The second-order valence-corrected chi connectivity index (χ2v) is 11.7. The maximum Gasteiger partial charge on any atom is 0.191 e. The van der Waals surface area contributed by atoms with Crippen molar-refractivity contribution in [2.24, 2.45) is 28.4 Å². The highest BCUT2D eigenvalue weighted by Crippen LogP contribution is 2.58. The Morgan fingerprint density at radius 3 is 2.44 bits per heavy atom. The summed E-state index contributed by atoms with van der Waals surface area (Å²) in [6.07, 6.45) is 3.69. The van der Waals surface area contributed by atoms with Gasteiger partial charge >= 0.3 is 0 Å². The van der Waals surface area contributed by atoms with E-state index in [2.05, 4.69) is 50.0 Å². The summed E-state index contributed by atoms with van der Waals surface area (Å²) in [6.45, 7) is 13.5. The SMILES string of the molecule is CCOc1cc(C2C3CC(C(C)(C)C)CC=C3C(C#N)=C(N)C2(C#N)C#N)ccc1OCCN1CCOCC1. The van der Waals surface area contributed by atoms with Crippen molar-refractivity contribution in [2.75, 3.05) is 46.1 Å². The van der Waals surface area contributed by atoms with Gasteiger partial charge in [-0.1, -0.05) is 32.9 Å². The van der Waals surface area contributed by atoms with Crippen molar-refractivity contribution in [1.82, 2.24) is 4.90 Å². The molecular formula is C31H39N5O3. The zero-order valence-electron chi connectivity index (χ0n) is 23.5. The molecule has 4 rings (SSSR count). The fourth-order valence-electron chi connectivity index (χ4n) is 6.19. The molecule has 8 nitrogen and oxygen atoms in total. The number of nitrogens with two attached hydrogens (primary N) is 1. The summed E-state index contributed by atoms with van der Waals surface area (Å²) in [6, 6.07) is 12.4. The first kappa shape index (κ1) is 28.5. The molecule has 8 heteroatoms. The Morgan fingerprint density at radius 2 is 1.82 bits per heavy atom. The van der Waals surface area contributed by atoms with Crippen molar-refractivity contribution in [3.8, 4) is 29.7 Å². The third kappa shape index (κ3) is 5.48. The lowest BCUT2D eigenvalue weighted by Crippen LogP contribution is -2.44. The Morgan fingerprint density at radius 1 is 1.10 bits per heavy atom. The monoisotopic (exact) mass is 529 g/mol. The largest absolute Gasteiger partial charge is 0.490 e. The van der Waals surface area contributed by atoms with Crippen molar-refractivity contribution >= 4 is 0 Å². The van der Waals surface area contributed by atoms with E-state index in [4.69, 9.17) is 19.9 Å². The summed E-state index contributed by atoms with van der Waals surface area (Å²) >= 11 is 0. The molecule has 1 fully saturated rings. The van der Waals surface area contributed by atoms with Crippen molar-refractivity contribution in [3.63, 3.8) is 0 Å².